The summed E-state index contributed by atoms with van der Waals surface area (Å²) in [6.45, 7) is 4.83. The molecule has 4 nitrogen and oxygen atoms in total. The first kappa shape index (κ1) is 11.8. The van der Waals surface area contributed by atoms with E-state index in [-0.39, 0.29) is 5.91 Å². The maximum absolute atomic E-state index is 11.9. The van der Waals surface area contributed by atoms with Gasteiger partial charge in [0.2, 0.25) is 0 Å². The van der Waals surface area contributed by atoms with Crippen LogP contribution < -0.4 is 0 Å². The van der Waals surface area contributed by atoms with Gasteiger partial charge in [-0.1, -0.05) is 19.8 Å². The molecule has 0 spiro atoms. The van der Waals surface area contributed by atoms with Crippen LogP contribution in [-0.4, -0.2) is 34.6 Å². The lowest BCUT2D eigenvalue weighted by Gasteiger charge is -2.16. The standard InChI is InChI=1S/C11H19N3O/c1-4-5-6-7-14(3)11(15)10-8-12-13-9(10)2/h8H,4-7H2,1-3H3,(H,12,13). The average molecular weight is 209 g/mol. The van der Waals surface area contributed by atoms with Gasteiger partial charge >= 0.3 is 0 Å². The molecule has 1 heterocycles. The Hall–Kier alpha value is -1.32. The predicted octanol–water partition coefficient (Wildman–Crippen LogP) is 1.98. The quantitative estimate of drug-likeness (QED) is 0.754. The summed E-state index contributed by atoms with van der Waals surface area (Å²) in [5.41, 5.74) is 1.51. The molecule has 4 heteroatoms. The van der Waals surface area contributed by atoms with Gasteiger partial charge in [-0.25, -0.2) is 0 Å². The van der Waals surface area contributed by atoms with Crippen LogP contribution in [-0.2, 0) is 0 Å². The second kappa shape index (κ2) is 5.53. The van der Waals surface area contributed by atoms with E-state index in [1.807, 2.05) is 14.0 Å². The van der Waals surface area contributed by atoms with E-state index in [1.165, 1.54) is 12.8 Å². The van der Waals surface area contributed by atoms with Crippen LogP contribution in [0.4, 0.5) is 0 Å². The lowest BCUT2D eigenvalue weighted by Crippen LogP contribution is -2.27. The third kappa shape index (κ3) is 3.08. The molecule has 1 aromatic heterocycles. The summed E-state index contributed by atoms with van der Waals surface area (Å²) in [5, 5.41) is 6.62. The normalized spacial score (nSPS) is 10.3. The van der Waals surface area contributed by atoms with E-state index >= 15 is 0 Å². The van der Waals surface area contributed by atoms with E-state index in [9.17, 15) is 4.79 Å². The highest BCUT2D eigenvalue weighted by atomic mass is 16.2. The van der Waals surface area contributed by atoms with Crippen LogP contribution in [0.3, 0.4) is 0 Å². The van der Waals surface area contributed by atoms with Gasteiger partial charge in [0.1, 0.15) is 0 Å². The van der Waals surface area contributed by atoms with Crippen molar-refractivity contribution in [3.8, 4) is 0 Å². The molecule has 0 bridgehead atoms. The van der Waals surface area contributed by atoms with Crippen molar-refractivity contribution in [1.82, 2.24) is 15.1 Å². The van der Waals surface area contributed by atoms with E-state index in [0.717, 1.165) is 18.7 Å². The number of aryl methyl sites for hydroxylation is 1. The summed E-state index contributed by atoms with van der Waals surface area (Å²) in [4.78, 5) is 13.6. The molecule has 0 aliphatic heterocycles. The number of hydrogen-bond donors (Lipinski definition) is 1. The number of nitrogens with one attached hydrogen (secondary N) is 1. The highest BCUT2D eigenvalue weighted by molar-refractivity contribution is 5.94. The molecule has 1 rings (SSSR count). The molecule has 0 aliphatic rings. The van der Waals surface area contributed by atoms with E-state index in [4.69, 9.17) is 0 Å². The summed E-state index contributed by atoms with van der Waals surface area (Å²) >= 11 is 0. The first-order chi connectivity index (χ1) is 7.16. The lowest BCUT2D eigenvalue weighted by molar-refractivity contribution is 0.0792. The topological polar surface area (TPSA) is 49.0 Å². The van der Waals surface area contributed by atoms with Crippen LogP contribution in [0, 0.1) is 6.92 Å². The maximum atomic E-state index is 11.9. The van der Waals surface area contributed by atoms with Crippen LogP contribution in [0.5, 0.6) is 0 Å². The van der Waals surface area contributed by atoms with Gasteiger partial charge in [-0.15, -0.1) is 0 Å². The smallest absolute Gasteiger partial charge is 0.257 e. The largest absolute Gasteiger partial charge is 0.342 e. The molecule has 0 saturated heterocycles. The molecule has 15 heavy (non-hydrogen) atoms. The first-order valence-electron chi connectivity index (χ1n) is 5.42. The maximum Gasteiger partial charge on any atom is 0.257 e. The molecule has 1 amide bonds. The van der Waals surface area contributed by atoms with Gasteiger partial charge in [0, 0.05) is 19.3 Å². The van der Waals surface area contributed by atoms with Crippen LogP contribution in [0.1, 0.15) is 42.2 Å². The molecule has 0 unspecified atom stereocenters. The predicted molar refractivity (Wildman–Crippen MR) is 59.8 cm³/mol. The Balaban J connectivity index is 2.50. The zero-order chi connectivity index (χ0) is 11.3. The van der Waals surface area contributed by atoms with Crippen molar-refractivity contribution in [3.05, 3.63) is 17.5 Å². The van der Waals surface area contributed by atoms with Gasteiger partial charge < -0.3 is 4.90 Å². The Morgan fingerprint density at radius 2 is 2.27 bits per heavy atom. The molecule has 1 aromatic rings. The highest BCUT2D eigenvalue weighted by Crippen LogP contribution is 2.07. The van der Waals surface area contributed by atoms with Gasteiger partial charge in [0.25, 0.3) is 5.91 Å². The number of aromatic nitrogens is 2. The number of unbranched alkanes of at least 4 members (excludes halogenated alkanes) is 2. The van der Waals surface area contributed by atoms with Crippen molar-refractivity contribution in [2.45, 2.75) is 33.1 Å². The molecule has 0 saturated carbocycles. The Bertz CT molecular complexity index is 319. The molecule has 0 fully saturated rings. The number of nitrogens with zero attached hydrogens (tertiary/aromatic N) is 2. The van der Waals surface area contributed by atoms with Crippen LogP contribution in [0.15, 0.2) is 6.20 Å². The second-order valence-electron chi connectivity index (χ2n) is 3.84. The Labute approximate surface area is 90.7 Å². The molecule has 84 valence electrons. The van der Waals surface area contributed by atoms with Crippen molar-refractivity contribution in [2.75, 3.05) is 13.6 Å². The van der Waals surface area contributed by atoms with E-state index in [0.29, 0.717) is 5.56 Å². The number of hydrogen-bond acceptors (Lipinski definition) is 2. The molecule has 1 N–H and O–H groups in total. The SMILES string of the molecule is CCCCCN(C)C(=O)c1cn[nH]c1C. The van der Waals surface area contributed by atoms with Gasteiger partial charge in [-0.05, 0) is 13.3 Å². The van der Waals surface area contributed by atoms with Crippen molar-refractivity contribution in [3.63, 3.8) is 0 Å². The Morgan fingerprint density at radius 3 is 2.80 bits per heavy atom. The number of carbonyl (C=O) groups excluding carboxylic acids is 1. The van der Waals surface area contributed by atoms with Gasteiger partial charge in [0.05, 0.1) is 11.8 Å². The van der Waals surface area contributed by atoms with Crippen molar-refractivity contribution < 1.29 is 4.79 Å². The molecule has 0 aliphatic carbocycles. The average Bonchev–Trinajstić information content (AvgIpc) is 2.63. The second-order valence-corrected chi connectivity index (χ2v) is 3.84. The van der Waals surface area contributed by atoms with Crippen LogP contribution in [0.2, 0.25) is 0 Å². The molecule has 0 radical (unpaired) electrons. The fourth-order valence-electron chi connectivity index (χ4n) is 1.47. The van der Waals surface area contributed by atoms with E-state index in [1.54, 1.807) is 11.1 Å². The summed E-state index contributed by atoms with van der Waals surface area (Å²) in [6, 6.07) is 0. The van der Waals surface area contributed by atoms with Gasteiger partial charge in [-0.2, -0.15) is 5.10 Å². The van der Waals surface area contributed by atoms with E-state index in [2.05, 4.69) is 17.1 Å². The molecule has 0 aromatic carbocycles. The summed E-state index contributed by atoms with van der Waals surface area (Å²) in [6.07, 6.45) is 5.00. The van der Waals surface area contributed by atoms with Crippen molar-refractivity contribution in [2.24, 2.45) is 0 Å². The number of aromatic amines is 1. The summed E-state index contributed by atoms with van der Waals surface area (Å²) in [7, 11) is 1.84. The first-order valence-corrected chi connectivity index (χ1v) is 5.42. The monoisotopic (exact) mass is 209 g/mol. The van der Waals surface area contributed by atoms with Crippen LogP contribution >= 0.6 is 0 Å². The fourth-order valence-corrected chi connectivity index (χ4v) is 1.47. The number of H-pyrrole nitrogens is 1. The zero-order valence-corrected chi connectivity index (χ0v) is 9.71. The Morgan fingerprint density at radius 1 is 1.53 bits per heavy atom. The summed E-state index contributed by atoms with van der Waals surface area (Å²) in [5.74, 6) is 0.0531. The summed E-state index contributed by atoms with van der Waals surface area (Å²) < 4.78 is 0. The van der Waals surface area contributed by atoms with Crippen molar-refractivity contribution in [1.29, 1.82) is 0 Å². The third-order valence-electron chi connectivity index (χ3n) is 2.50. The minimum atomic E-state index is 0.0531. The number of amides is 1. The Kier molecular flexibility index (Phi) is 4.34. The fraction of sp³-hybridized carbons (Fsp3) is 0.636. The number of rotatable bonds is 5. The van der Waals surface area contributed by atoms with Crippen molar-refractivity contribution >= 4 is 5.91 Å². The molecular weight excluding hydrogens is 190 g/mol. The van der Waals surface area contributed by atoms with Gasteiger partial charge in [0.15, 0.2) is 0 Å². The molecular formula is C11H19N3O. The minimum absolute atomic E-state index is 0.0531. The van der Waals surface area contributed by atoms with Gasteiger partial charge in [-0.3, -0.25) is 9.89 Å². The molecule has 0 atom stereocenters. The minimum Gasteiger partial charge on any atom is -0.342 e. The van der Waals surface area contributed by atoms with Crippen LogP contribution in [0.25, 0.3) is 0 Å². The number of carbonyl (C=O) groups is 1. The zero-order valence-electron chi connectivity index (χ0n) is 9.71. The lowest BCUT2D eigenvalue weighted by atomic mass is 10.2. The van der Waals surface area contributed by atoms with E-state index < -0.39 is 0 Å². The third-order valence-corrected chi connectivity index (χ3v) is 2.50. The highest BCUT2D eigenvalue weighted by Gasteiger charge is 2.14.